The van der Waals surface area contributed by atoms with Gasteiger partial charge in [-0.1, -0.05) is 0 Å². The predicted octanol–water partition coefficient (Wildman–Crippen LogP) is 2.64. The lowest BCUT2D eigenvalue weighted by Crippen LogP contribution is -2.41. The standard InChI is InChI=1S/C14H18N2O2S3/c1-9(12(6-17)19-2)15-13(18)5-11-8-21-14(16-11)10-3-4-20-7-10/h3-4,7-9,12,17H,5-6H2,1-2H3,(H,15,18). The molecule has 2 heterocycles. The van der Waals surface area contributed by atoms with E-state index in [1.165, 1.54) is 0 Å². The van der Waals surface area contributed by atoms with Gasteiger partial charge in [-0.25, -0.2) is 4.98 Å². The molecule has 4 nitrogen and oxygen atoms in total. The molecule has 2 atom stereocenters. The molecule has 0 bridgehead atoms. The van der Waals surface area contributed by atoms with Crippen LogP contribution >= 0.6 is 34.4 Å². The largest absolute Gasteiger partial charge is 0.395 e. The zero-order valence-electron chi connectivity index (χ0n) is 11.9. The molecular formula is C14H18N2O2S3. The van der Waals surface area contributed by atoms with Crippen molar-refractivity contribution in [2.45, 2.75) is 24.6 Å². The van der Waals surface area contributed by atoms with E-state index < -0.39 is 0 Å². The second-order valence-corrected chi connectivity index (χ2v) is 7.36. The van der Waals surface area contributed by atoms with Gasteiger partial charge >= 0.3 is 0 Å². The van der Waals surface area contributed by atoms with E-state index in [-0.39, 0.29) is 30.2 Å². The van der Waals surface area contributed by atoms with Crippen molar-refractivity contribution in [2.24, 2.45) is 0 Å². The fourth-order valence-electron chi connectivity index (χ4n) is 1.91. The fourth-order valence-corrected chi connectivity index (χ4v) is 4.06. The Balaban J connectivity index is 1.91. The van der Waals surface area contributed by atoms with Gasteiger partial charge in [-0.3, -0.25) is 4.79 Å². The molecule has 21 heavy (non-hydrogen) atoms. The van der Waals surface area contributed by atoms with Crippen LogP contribution in [0.3, 0.4) is 0 Å². The van der Waals surface area contributed by atoms with Crippen LogP contribution in [0.4, 0.5) is 0 Å². The van der Waals surface area contributed by atoms with Crippen LogP contribution in [0, 0.1) is 0 Å². The van der Waals surface area contributed by atoms with Crippen molar-refractivity contribution < 1.29 is 9.90 Å². The van der Waals surface area contributed by atoms with Gasteiger partial charge in [-0.2, -0.15) is 23.1 Å². The summed E-state index contributed by atoms with van der Waals surface area (Å²) in [4.78, 5) is 16.5. The maximum Gasteiger partial charge on any atom is 0.226 e. The van der Waals surface area contributed by atoms with Gasteiger partial charge in [-0.15, -0.1) is 11.3 Å². The van der Waals surface area contributed by atoms with Crippen LogP contribution in [-0.2, 0) is 11.2 Å². The Labute approximate surface area is 136 Å². The summed E-state index contributed by atoms with van der Waals surface area (Å²) < 4.78 is 0. The van der Waals surface area contributed by atoms with Crippen molar-refractivity contribution >= 4 is 40.3 Å². The van der Waals surface area contributed by atoms with Crippen LogP contribution in [0.15, 0.2) is 22.2 Å². The van der Waals surface area contributed by atoms with E-state index in [2.05, 4.69) is 15.7 Å². The number of amides is 1. The molecule has 0 aliphatic carbocycles. The first-order valence-electron chi connectivity index (χ1n) is 6.54. The number of hydrogen-bond donors (Lipinski definition) is 2. The number of rotatable bonds is 7. The average molecular weight is 343 g/mol. The Kier molecular flexibility index (Phi) is 6.22. The summed E-state index contributed by atoms with van der Waals surface area (Å²) in [5.41, 5.74) is 1.89. The second kappa shape index (κ2) is 7.93. The van der Waals surface area contributed by atoms with Crippen molar-refractivity contribution in [3.63, 3.8) is 0 Å². The molecule has 1 amide bonds. The maximum absolute atomic E-state index is 12.0. The van der Waals surface area contributed by atoms with Gasteiger partial charge in [0, 0.05) is 27.6 Å². The maximum atomic E-state index is 12.0. The summed E-state index contributed by atoms with van der Waals surface area (Å²) in [5.74, 6) is -0.0582. The second-order valence-electron chi connectivity index (χ2n) is 4.65. The smallest absolute Gasteiger partial charge is 0.226 e. The molecule has 0 aliphatic rings. The molecule has 0 aliphatic heterocycles. The first-order chi connectivity index (χ1) is 10.1. The third-order valence-corrected chi connectivity index (χ3v) is 5.88. The Morgan fingerprint density at radius 1 is 1.52 bits per heavy atom. The quantitative estimate of drug-likeness (QED) is 0.812. The van der Waals surface area contributed by atoms with E-state index in [1.54, 1.807) is 34.4 Å². The fraction of sp³-hybridized carbons (Fsp3) is 0.429. The lowest BCUT2D eigenvalue weighted by molar-refractivity contribution is -0.121. The molecule has 0 fully saturated rings. The SMILES string of the molecule is CSC(CO)C(C)NC(=O)Cc1csc(-c2ccsc2)n1. The third kappa shape index (κ3) is 4.54. The number of aliphatic hydroxyl groups is 1. The molecule has 0 saturated heterocycles. The van der Waals surface area contributed by atoms with Gasteiger partial charge < -0.3 is 10.4 Å². The first-order valence-corrected chi connectivity index (χ1v) is 9.65. The zero-order chi connectivity index (χ0) is 15.2. The van der Waals surface area contributed by atoms with Crippen LogP contribution in [0.5, 0.6) is 0 Å². The van der Waals surface area contributed by atoms with Gasteiger partial charge in [0.1, 0.15) is 5.01 Å². The van der Waals surface area contributed by atoms with Crippen LogP contribution in [0.2, 0.25) is 0 Å². The molecular weight excluding hydrogens is 324 g/mol. The Hall–Kier alpha value is -0.890. The number of hydrogen-bond acceptors (Lipinski definition) is 6. The number of carbonyl (C=O) groups excluding carboxylic acids is 1. The van der Waals surface area contributed by atoms with Crippen LogP contribution in [-0.4, -0.2) is 40.2 Å². The monoisotopic (exact) mass is 342 g/mol. The van der Waals surface area contributed by atoms with Crippen LogP contribution in [0.25, 0.3) is 10.6 Å². The van der Waals surface area contributed by atoms with Crippen molar-refractivity contribution in [1.82, 2.24) is 10.3 Å². The van der Waals surface area contributed by atoms with Crippen molar-refractivity contribution in [2.75, 3.05) is 12.9 Å². The van der Waals surface area contributed by atoms with Crippen LogP contribution < -0.4 is 5.32 Å². The highest BCUT2D eigenvalue weighted by molar-refractivity contribution is 7.99. The minimum atomic E-state index is -0.0625. The highest BCUT2D eigenvalue weighted by Crippen LogP contribution is 2.25. The van der Waals surface area contributed by atoms with Gasteiger partial charge in [-0.05, 0) is 24.6 Å². The molecule has 2 aromatic heterocycles. The molecule has 2 unspecified atom stereocenters. The van der Waals surface area contributed by atoms with E-state index in [1.807, 2.05) is 30.0 Å². The Morgan fingerprint density at radius 3 is 2.95 bits per heavy atom. The van der Waals surface area contributed by atoms with E-state index in [0.29, 0.717) is 0 Å². The number of thiophene rings is 1. The summed E-state index contributed by atoms with van der Waals surface area (Å²) in [5, 5.41) is 19.1. The Bertz CT molecular complexity index is 565. The lowest BCUT2D eigenvalue weighted by Gasteiger charge is -2.21. The highest BCUT2D eigenvalue weighted by Gasteiger charge is 2.18. The van der Waals surface area contributed by atoms with Crippen LogP contribution in [0.1, 0.15) is 12.6 Å². The molecule has 0 radical (unpaired) electrons. The number of aromatic nitrogens is 1. The molecule has 0 saturated carbocycles. The predicted molar refractivity (Wildman–Crippen MR) is 91.1 cm³/mol. The summed E-state index contributed by atoms with van der Waals surface area (Å²) in [7, 11) is 0. The molecule has 2 aromatic rings. The van der Waals surface area contributed by atoms with Gasteiger partial charge in [0.15, 0.2) is 0 Å². The van der Waals surface area contributed by atoms with E-state index in [0.717, 1.165) is 16.3 Å². The number of thiazole rings is 1. The third-order valence-electron chi connectivity index (χ3n) is 3.09. The van der Waals surface area contributed by atoms with E-state index in [9.17, 15) is 9.90 Å². The average Bonchev–Trinajstić information content (AvgIpc) is 3.10. The minimum Gasteiger partial charge on any atom is -0.395 e. The molecule has 0 spiro atoms. The van der Waals surface area contributed by atoms with Gasteiger partial charge in [0.05, 0.1) is 18.7 Å². The normalized spacial score (nSPS) is 13.9. The summed E-state index contributed by atoms with van der Waals surface area (Å²) in [6.07, 6.45) is 2.20. The zero-order valence-corrected chi connectivity index (χ0v) is 14.4. The number of aliphatic hydroxyl groups excluding tert-OH is 1. The summed E-state index contributed by atoms with van der Waals surface area (Å²) >= 11 is 4.74. The Morgan fingerprint density at radius 2 is 2.33 bits per heavy atom. The van der Waals surface area contributed by atoms with Crippen molar-refractivity contribution in [3.8, 4) is 10.6 Å². The van der Waals surface area contributed by atoms with E-state index >= 15 is 0 Å². The molecule has 0 aromatic carbocycles. The molecule has 2 N–H and O–H groups in total. The summed E-state index contributed by atoms with van der Waals surface area (Å²) in [6, 6.07) is 1.97. The topological polar surface area (TPSA) is 62.2 Å². The molecule has 2 rings (SSSR count). The summed E-state index contributed by atoms with van der Waals surface area (Å²) in [6.45, 7) is 1.97. The van der Waals surface area contributed by atoms with Gasteiger partial charge in [0.2, 0.25) is 5.91 Å². The number of nitrogens with zero attached hydrogens (tertiary/aromatic N) is 1. The van der Waals surface area contributed by atoms with Gasteiger partial charge in [0.25, 0.3) is 0 Å². The molecule has 114 valence electrons. The number of nitrogens with one attached hydrogen (secondary N) is 1. The first kappa shape index (κ1) is 16.5. The minimum absolute atomic E-state index is 0.0192. The van der Waals surface area contributed by atoms with E-state index in [4.69, 9.17) is 0 Å². The van der Waals surface area contributed by atoms with Crippen molar-refractivity contribution in [1.29, 1.82) is 0 Å². The highest BCUT2D eigenvalue weighted by atomic mass is 32.2. The number of thioether (sulfide) groups is 1. The molecule has 7 heteroatoms. The number of carbonyl (C=O) groups is 1. The lowest BCUT2D eigenvalue weighted by atomic mass is 10.2. The van der Waals surface area contributed by atoms with Crippen molar-refractivity contribution in [3.05, 3.63) is 27.9 Å².